The number of fused-ring (bicyclic) bond motifs is 2. The monoisotopic (exact) mass is 407 g/mol. The molecule has 0 bridgehead atoms. The Morgan fingerprint density at radius 3 is 2.64 bits per heavy atom. The molecule has 7 atom stereocenters. The van der Waals surface area contributed by atoms with Crippen molar-refractivity contribution in [2.75, 3.05) is 5.75 Å². The summed E-state index contributed by atoms with van der Waals surface area (Å²) in [7, 11) is -3.64. The Morgan fingerprint density at radius 1 is 1.21 bits per heavy atom. The van der Waals surface area contributed by atoms with Gasteiger partial charge in [0.1, 0.15) is 11.7 Å². The van der Waals surface area contributed by atoms with Crippen LogP contribution < -0.4 is 0 Å². The highest BCUT2D eigenvalue weighted by Gasteiger charge is 2.80. The number of carbonyl (C=O) groups excluding carboxylic acids is 1. The average molecular weight is 407 g/mol. The number of hydrogen-bond acceptors (Lipinski definition) is 7. The van der Waals surface area contributed by atoms with Gasteiger partial charge < -0.3 is 14.6 Å². The molecular formula is C20H25NO6S. The molecule has 1 N–H and O–H groups in total. The van der Waals surface area contributed by atoms with Crippen LogP contribution in [0.15, 0.2) is 29.4 Å². The molecule has 1 spiro atoms. The molecule has 0 aromatic carbocycles. The number of carbonyl (C=O) groups is 1. The lowest BCUT2D eigenvalue weighted by molar-refractivity contribution is -0.150. The normalized spacial score (nSPS) is 46.9. The van der Waals surface area contributed by atoms with Crippen molar-refractivity contribution in [1.29, 1.82) is 0 Å². The molecule has 0 radical (unpaired) electrons. The molecule has 1 aromatic rings. The van der Waals surface area contributed by atoms with Gasteiger partial charge in [0.05, 0.1) is 33.7 Å². The molecule has 4 aliphatic rings. The van der Waals surface area contributed by atoms with Crippen LogP contribution in [-0.4, -0.2) is 53.1 Å². The standard InChI is InChI=1S/C20H25NO6S/c1-18(23)7-8-20-16(18)15-13(3-6-19(20,2)27-20)14(17(22)26-15)11-28(24,25)12-4-9-21-10-5-12/h4-5,9-10,13-16,23H,3,6-8,11H2,1-2H3/t13-,14-,15-,16-,18+,19-,20+/m0/s1. The van der Waals surface area contributed by atoms with Gasteiger partial charge in [0.25, 0.3) is 0 Å². The first-order valence-electron chi connectivity index (χ1n) is 9.86. The molecule has 8 heteroatoms. The maximum atomic E-state index is 12.9. The van der Waals surface area contributed by atoms with E-state index in [0.717, 1.165) is 12.8 Å². The fourth-order valence-electron chi connectivity index (χ4n) is 6.12. The van der Waals surface area contributed by atoms with Gasteiger partial charge in [0.2, 0.25) is 0 Å². The van der Waals surface area contributed by atoms with Gasteiger partial charge in [0, 0.05) is 18.3 Å². The minimum Gasteiger partial charge on any atom is -0.461 e. The van der Waals surface area contributed by atoms with Crippen LogP contribution >= 0.6 is 0 Å². The Balaban J connectivity index is 1.48. The number of aromatic nitrogens is 1. The molecule has 152 valence electrons. The van der Waals surface area contributed by atoms with Crippen molar-refractivity contribution in [2.45, 2.75) is 67.3 Å². The second-order valence-corrected chi connectivity index (χ2v) is 11.3. The van der Waals surface area contributed by atoms with Gasteiger partial charge in [-0.3, -0.25) is 9.78 Å². The van der Waals surface area contributed by atoms with Crippen molar-refractivity contribution in [3.63, 3.8) is 0 Å². The van der Waals surface area contributed by atoms with Crippen molar-refractivity contribution >= 4 is 15.8 Å². The SMILES string of the molecule is C[C@@]1(O)CC[C@]23O[C@@]2(C)CC[C@@H]2[C@H](OC(=O)[C@H]2CS(=O)(=O)c2ccncc2)[C@@H]13. The van der Waals surface area contributed by atoms with Crippen molar-refractivity contribution in [2.24, 2.45) is 17.8 Å². The lowest BCUT2D eigenvalue weighted by Gasteiger charge is -2.34. The lowest BCUT2D eigenvalue weighted by atomic mass is 9.75. The summed E-state index contributed by atoms with van der Waals surface area (Å²) in [4.78, 5) is 16.8. The summed E-state index contributed by atoms with van der Waals surface area (Å²) in [5.74, 6) is -2.04. The Hall–Kier alpha value is -1.51. The van der Waals surface area contributed by atoms with Gasteiger partial charge in [-0.05, 0) is 51.7 Å². The van der Waals surface area contributed by atoms with E-state index < -0.39 is 39.0 Å². The minimum atomic E-state index is -3.64. The summed E-state index contributed by atoms with van der Waals surface area (Å²) in [6, 6.07) is 2.89. The minimum absolute atomic E-state index is 0.162. The van der Waals surface area contributed by atoms with E-state index in [0.29, 0.717) is 12.8 Å². The number of aliphatic hydroxyl groups is 1. The molecular weight excluding hydrogens is 382 g/mol. The Morgan fingerprint density at radius 2 is 1.93 bits per heavy atom. The topological polar surface area (TPSA) is 106 Å². The zero-order valence-corrected chi connectivity index (χ0v) is 16.8. The zero-order valence-electron chi connectivity index (χ0n) is 16.0. The third-order valence-corrected chi connectivity index (χ3v) is 9.41. The molecule has 2 aliphatic carbocycles. The van der Waals surface area contributed by atoms with Crippen LogP contribution in [-0.2, 0) is 24.1 Å². The Labute approximate surface area is 164 Å². The molecule has 7 nitrogen and oxygen atoms in total. The predicted molar refractivity (Wildman–Crippen MR) is 98.0 cm³/mol. The number of ether oxygens (including phenoxy) is 2. The smallest absolute Gasteiger partial charge is 0.310 e. The van der Waals surface area contributed by atoms with E-state index in [2.05, 4.69) is 11.9 Å². The number of rotatable bonds is 3. The Bertz CT molecular complexity index is 931. The average Bonchev–Trinajstić information content (AvgIpc) is 3.01. The molecule has 1 aromatic heterocycles. The fourth-order valence-corrected chi connectivity index (χ4v) is 7.71. The van der Waals surface area contributed by atoms with Crippen LogP contribution in [0.3, 0.4) is 0 Å². The maximum absolute atomic E-state index is 12.9. The van der Waals surface area contributed by atoms with E-state index in [4.69, 9.17) is 9.47 Å². The van der Waals surface area contributed by atoms with Crippen LogP contribution in [0.1, 0.15) is 39.5 Å². The van der Waals surface area contributed by atoms with Crippen LogP contribution in [0.5, 0.6) is 0 Å². The second-order valence-electron chi connectivity index (χ2n) is 9.23. The first kappa shape index (κ1) is 18.5. The summed E-state index contributed by atoms with van der Waals surface area (Å²) in [6.07, 6.45) is 5.07. The molecule has 5 rings (SSSR count). The molecule has 0 unspecified atom stereocenters. The highest BCUT2D eigenvalue weighted by Crippen LogP contribution is 2.69. The largest absolute Gasteiger partial charge is 0.461 e. The summed E-state index contributed by atoms with van der Waals surface area (Å²) in [5, 5.41) is 11.1. The van der Waals surface area contributed by atoms with E-state index >= 15 is 0 Å². The van der Waals surface area contributed by atoms with E-state index in [1.54, 1.807) is 6.92 Å². The summed E-state index contributed by atoms with van der Waals surface area (Å²) < 4.78 is 37.7. The first-order chi connectivity index (χ1) is 13.1. The van der Waals surface area contributed by atoms with Gasteiger partial charge >= 0.3 is 5.97 Å². The number of pyridine rings is 1. The third kappa shape index (κ3) is 2.37. The first-order valence-corrected chi connectivity index (χ1v) is 11.5. The molecule has 2 saturated heterocycles. The van der Waals surface area contributed by atoms with Gasteiger partial charge in [-0.2, -0.15) is 0 Å². The zero-order chi connectivity index (χ0) is 19.9. The van der Waals surface area contributed by atoms with E-state index in [9.17, 15) is 18.3 Å². The van der Waals surface area contributed by atoms with Gasteiger partial charge in [-0.15, -0.1) is 0 Å². The molecule has 28 heavy (non-hydrogen) atoms. The molecule has 4 fully saturated rings. The summed E-state index contributed by atoms with van der Waals surface area (Å²) in [5.41, 5.74) is -1.79. The van der Waals surface area contributed by atoms with Crippen molar-refractivity contribution in [1.82, 2.24) is 4.98 Å². The van der Waals surface area contributed by atoms with Gasteiger partial charge in [-0.1, -0.05) is 0 Å². The van der Waals surface area contributed by atoms with Gasteiger partial charge in [-0.25, -0.2) is 8.42 Å². The van der Waals surface area contributed by atoms with Crippen LogP contribution in [0.4, 0.5) is 0 Å². The van der Waals surface area contributed by atoms with Crippen LogP contribution in [0, 0.1) is 17.8 Å². The highest BCUT2D eigenvalue weighted by molar-refractivity contribution is 7.91. The maximum Gasteiger partial charge on any atom is 0.310 e. The number of epoxide rings is 1. The van der Waals surface area contributed by atoms with E-state index in [-0.39, 0.29) is 28.1 Å². The predicted octanol–water partition coefficient (Wildman–Crippen LogP) is 1.50. The van der Waals surface area contributed by atoms with Crippen molar-refractivity contribution in [3.8, 4) is 0 Å². The highest BCUT2D eigenvalue weighted by atomic mass is 32.2. The molecule has 3 heterocycles. The fraction of sp³-hybridized carbons (Fsp3) is 0.700. The quantitative estimate of drug-likeness (QED) is 0.598. The number of nitrogens with zero attached hydrogens (tertiary/aromatic N) is 1. The van der Waals surface area contributed by atoms with Gasteiger partial charge in [0.15, 0.2) is 9.84 Å². The number of hydrogen-bond donors (Lipinski definition) is 1. The van der Waals surface area contributed by atoms with Crippen LogP contribution in [0.25, 0.3) is 0 Å². The van der Waals surface area contributed by atoms with E-state index in [1.807, 2.05) is 0 Å². The molecule has 2 saturated carbocycles. The number of sulfone groups is 1. The van der Waals surface area contributed by atoms with E-state index in [1.165, 1.54) is 24.5 Å². The summed E-state index contributed by atoms with van der Waals surface area (Å²) in [6.45, 7) is 3.85. The number of esters is 1. The van der Waals surface area contributed by atoms with Crippen LogP contribution in [0.2, 0.25) is 0 Å². The van der Waals surface area contributed by atoms with Crippen molar-refractivity contribution < 1.29 is 27.8 Å². The summed E-state index contributed by atoms with van der Waals surface area (Å²) >= 11 is 0. The van der Waals surface area contributed by atoms with Crippen molar-refractivity contribution in [3.05, 3.63) is 24.5 Å². The second kappa shape index (κ2) is 5.55. The Kier molecular flexibility index (Phi) is 3.67. The molecule has 2 aliphatic heterocycles. The lowest BCUT2D eigenvalue weighted by Crippen LogP contribution is -2.47. The third-order valence-electron chi connectivity index (χ3n) is 7.62. The molecule has 0 amide bonds.